The van der Waals surface area contributed by atoms with E-state index in [4.69, 9.17) is 5.73 Å². The number of rotatable bonds is 2. The van der Waals surface area contributed by atoms with Gasteiger partial charge in [-0.2, -0.15) is 0 Å². The summed E-state index contributed by atoms with van der Waals surface area (Å²) in [6.45, 7) is 3.66. The van der Waals surface area contributed by atoms with Gasteiger partial charge in [-0.25, -0.2) is 0 Å². The number of hydrogen-bond donors (Lipinski definition) is 2. The third kappa shape index (κ3) is 1.66. The molecule has 0 aromatic carbocycles. The largest absolute Gasteiger partial charge is 0.399 e. The monoisotopic (exact) mass is 214 g/mol. The van der Waals surface area contributed by atoms with Gasteiger partial charge in [0.2, 0.25) is 0 Å². The molecule has 1 unspecified atom stereocenters. The van der Waals surface area contributed by atoms with Gasteiger partial charge in [0.05, 0.1) is 0 Å². The molecule has 3 heteroatoms. The highest BCUT2D eigenvalue weighted by molar-refractivity contribution is 9.10. The first-order chi connectivity index (χ1) is 5.19. The van der Waals surface area contributed by atoms with Gasteiger partial charge in [-0.3, -0.25) is 0 Å². The molecule has 1 atom stereocenters. The second-order valence-electron chi connectivity index (χ2n) is 2.42. The van der Waals surface area contributed by atoms with E-state index < -0.39 is 0 Å². The molecule has 0 bridgehead atoms. The van der Waals surface area contributed by atoms with Gasteiger partial charge in [0, 0.05) is 12.1 Å². The first kappa shape index (κ1) is 8.40. The van der Waals surface area contributed by atoms with E-state index >= 15 is 0 Å². The van der Waals surface area contributed by atoms with Crippen LogP contribution in [0.2, 0.25) is 0 Å². The van der Waals surface area contributed by atoms with Crippen LogP contribution in [0.25, 0.3) is 0 Å². The Morgan fingerprint density at radius 1 is 1.82 bits per heavy atom. The summed E-state index contributed by atoms with van der Waals surface area (Å²) >= 11 is 3.49. The third-order valence-electron chi connectivity index (χ3n) is 1.57. The molecule has 1 aliphatic rings. The van der Waals surface area contributed by atoms with Gasteiger partial charge in [-0.15, -0.1) is 6.58 Å². The van der Waals surface area contributed by atoms with Crippen molar-refractivity contribution in [3.05, 3.63) is 36.7 Å². The summed E-state index contributed by atoms with van der Waals surface area (Å²) in [5.41, 5.74) is 6.53. The molecule has 0 radical (unpaired) electrons. The SMILES string of the molecule is C=CCC1(Br)NC=CC=C1N. The zero-order chi connectivity index (χ0) is 8.32. The Labute approximate surface area is 75.0 Å². The highest BCUT2D eigenvalue weighted by Gasteiger charge is 2.27. The standard InChI is InChI=1S/C8H11BrN2/c1-2-5-8(9)7(10)4-3-6-11-8/h2-4,6,11H,1,5,10H2. The van der Waals surface area contributed by atoms with E-state index in [9.17, 15) is 0 Å². The molecule has 0 saturated carbocycles. The van der Waals surface area contributed by atoms with Crippen LogP contribution in [0.1, 0.15) is 6.42 Å². The minimum Gasteiger partial charge on any atom is -0.399 e. The fourth-order valence-corrected chi connectivity index (χ4v) is 1.42. The summed E-state index contributed by atoms with van der Waals surface area (Å²) in [6.07, 6.45) is 8.18. The normalized spacial score (nSPS) is 29.0. The van der Waals surface area contributed by atoms with Gasteiger partial charge < -0.3 is 11.1 Å². The molecule has 1 aliphatic heterocycles. The van der Waals surface area contributed by atoms with E-state index in [0.29, 0.717) is 0 Å². The molecule has 1 rings (SSSR count). The molecule has 60 valence electrons. The number of dihydropyridines is 1. The van der Waals surface area contributed by atoms with Crippen molar-refractivity contribution < 1.29 is 0 Å². The molecule has 0 aromatic heterocycles. The maximum absolute atomic E-state index is 5.75. The van der Waals surface area contributed by atoms with Crippen molar-refractivity contribution in [1.82, 2.24) is 5.32 Å². The lowest BCUT2D eigenvalue weighted by atomic mass is 10.1. The van der Waals surface area contributed by atoms with Crippen LogP contribution in [0, 0.1) is 0 Å². The third-order valence-corrected chi connectivity index (χ3v) is 2.58. The van der Waals surface area contributed by atoms with Crippen LogP contribution in [-0.2, 0) is 0 Å². The predicted molar refractivity (Wildman–Crippen MR) is 51.0 cm³/mol. The van der Waals surface area contributed by atoms with Crippen molar-refractivity contribution in [3.8, 4) is 0 Å². The second kappa shape index (κ2) is 3.13. The van der Waals surface area contributed by atoms with Crippen molar-refractivity contribution in [1.29, 1.82) is 0 Å². The van der Waals surface area contributed by atoms with Crippen molar-refractivity contribution >= 4 is 15.9 Å². The summed E-state index contributed by atoms with van der Waals surface area (Å²) in [6, 6.07) is 0. The number of allylic oxidation sites excluding steroid dienone is 2. The van der Waals surface area contributed by atoms with Crippen LogP contribution in [0.5, 0.6) is 0 Å². The van der Waals surface area contributed by atoms with Crippen molar-refractivity contribution in [2.45, 2.75) is 10.9 Å². The highest BCUT2D eigenvalue weighted by Crippen LogP contribution is 2.27. The molecular formula is C8H11BrN2. The van der Waals surface area contributed by atoms with Crippen LogP contribution >= 0.6 is 15.9 Å². The van der Waals surface area contributed by atoms with Crippen LogP contribution < -0.4 is 11.1 Å². The maximum Gasteiger partial charge on any atom is 0.136 e. The number of hydrogen-bond acceptors (Lipinski definition) is 2. The summed E-state index contributed by atoms with van der Waals surface area (Å²) < 4.78 is -0.316. The molecule has 11 heavy (non-hydrogen) atoms. The topological polar surface area (TPSA) is 38.0 Å². The lowest BCUT2D eigenvalue weighted by molar-refractivity contribution is 0.616. The molecule has 2 nitrogen and oxygen atoms in total. The van der Waals surface area contributed by atoms with Gasteiger partial charge in [0.1, 0.15) is 4.45 Å². The minimum absolute atomic E-state index is 0.316. The van der Waals surface area contributed by atoms with Crippen molar-refractivity contribution in [3.63, 3.8) is 0 Å². The second-order valence-corrected chi connectivity index (χ2v) is 3.77. The van der Waals surface area contributed by atoms with Crippen LogP contribution in [0.4, 0.5) is 0 Å². The van der Waals surface area contributed by atoms with E-state index in [2.05, 4.69) is 27.8 Å². The Bertz CT molecular complexity index is 216. The smallest absolute Gasteiger partial charge is 0.136 e. The molecule has 3 N–H and O–H groups in total. The average molecular weight is 215 g/mol. The summed E-state index contributed by atoms with van der Waals surface area (Å²) in [5, 5.41) is 3.12. The van der Waals surface area contributed by atoms with Crippen molar-refractivity contribution in [2.24, 2.45) is 5.73 Å². The molecular weight excluding hydrogens is 204 g/mol. The number of nitrogens with one attached hydrogen (secondary N) is 1. The Hall–Kier alpha value is -0.700. The quantitative estimate of drug-likeness (QED) is 0.417. The van der Waals surface area contributed by atoms with Crippen LogP contribution in [0.15, 0.2) is 36.7 Å². The first-order valence-corrected chi connectivity index (χ1v) is 4.18. The van der Waals surface area contributed by atoms with E-state index in [-0.39, 0.29) is 4.45 Å². The summed E-state index contributed by atoms with van der Waals surface area (Å²) in [5.74, 6) is 0. The number of halogens is 1. The lowest BCUT2D eigenvalue weighted by Gasteiger charge is -2.29. The lowest BCUT2D eigenvalue weighted by Crippen LogP contribution is -2.41. The Kier molecular flexibility index (Phi) is 2.39. The number of nitrogens with two attached hydrogens (primary N) is 1. The molecule has 1 heterocycles. The average Bonchev–Trinajstić information content (AvgIpc) is 1.96. The zero-order valence-electron chi connectivity index (χ0n) is 6.18. The highest BCUT2D eigenvalue weighted by atomic mass is 79.9. The Morgan fingerprint density at radius 3 is 3.09 bits per heavy atom. The van der Waals surface area contributed by atoms with Gasteiger partial charge in [-0.1, -0.05) is 22.0 Å². The van der Waals surface area contributed by atoms with Crippen molar-refractivity contribution in [2.75, 3.05) is 0 Å². The van der Waals surface area contributed by atoms with Crippen LogP contribution in [-0.4, -0.2) is 4.45 Å². The van der Waals surface area contributed by atoms with E-state index in [1.165, 1.54) is 0 Å². The van der Waals surface area contributed by atoms with E-state index in [1.54, 1.807) is 0 Å². The first-order valence-electron chi connectivity index (χ1n) is 3.39. The molecule has 0 fully saturated rings. The Balaban J connectivity index is 2.78. The zero-order valence-corrected chi connectivity index (χ0v) is 7.76. The van der Waals surface area contributed by atoms with E-state index in [0.717, 1.165) is 12.1 Å². The Morgan fingerprint density at radius 2 is 2.55 bits per heavy atom. The molecule has 0 aromatic rings. The van der Waals surface area contributed by atoms with E-state index in [1.807, 2.05) is 24.4 Å². The molecule has 0 spiro atoms. The minimum atomic E-state index is -0.316. The predicted octanol–water partition coefficient (Wildman–Crippen LogP) is 1.61. The fourth-order valence-electron chi connectivity index (χ4n) is 0.923. The van der Waals surface area contributed by atoms with Gasteiger partial charge in [0.15, 0.2) is 0 Å². The maximum atomic E-state index is 5.75. The van der Waals surface area contributed by atoms with Gasteiger partial charge in [-0.05, 0) is 18.4 Å². The summed E-state index contributed by atoms with van der Waals surface area (Å²) in [4.78, 5) is 0. The number of alkyl halides is 1. The molecule has 0 saturated heterocycles. The van der Waals surface area contributed by atoms with Gasteiger partial charge in [0.25, 0.3) is 0 Å². The van der Waals surface area contributed by atoms with Gasteiger partial charge >= 0.3 is 0 Å². The van der Waals surface area contributed by atoms with Crippen LogP contribution in [0.3, 0.4) is 0 Å². The summed E-state index contributed by atoms with van der Waals surface area (Å²) in [7, 11) is 0. The fraction of sp³-hybridized carbons (Fsp3) is 0.250. The molecule has 0 aliphatic carbocycles. The molecule has 0 amide bonds.